The smallest absolute Gasteiger partial charge is 0.0619 e. The van der Waals surface area contributed by atoms with Gasteiger partial charge in [0.05, 0.1) is 16.7 Å². The largest absolute Gasteiger partial charge is 0.310 e. The molecular formula is C60H40N2. The van der Waals surface area contributed by atoms with Crippen LogP contribution in [0.5, 0.6) is 0 Å². The van der Waals surface area contributed by atoms with Crippen LogP contribution in [0.2, 0.25) is 0 Å². The molecule has 12 aromatic rings. The van der Waals surface area contributed by atoms with E-state index in [1.165, 1.54) is 81.9 Å². The Balaban J connectivity index is 0.993. The van der Waals surface area contributed by atoms with Crippen molar-refractivity contribution in [2.24, 2.45) is 0 Å². The highest BCUT2D eigenvalue weighted by Gasteiger charge is 2.19. The van der Waals surface area contributed by atoms with Crippen molar-refractivity contribution in [1.82, 2.24) is 4.57 Å². The highest BCUT2D eigenvalue weighted by molar-refractivity contribution is 6.18. The van der Waals surface area contributed by atoms with Gasteiger partial charge in [-0.05, 0) is 110 Å². The van der Waals surface area contributed by atoms with Gasteiger partial charge in [0.1, 0.15) is 0 Å². The van der Waals surface area contributed by atoms with E-state index in [1.807, 2.05) is 0 Å². The van der Waals surface area contributed by atoms with Crippen LogP contribution >= 0.6 is 0 Å². The predicted molar refractivity (Wildman–Crippen MR) is 264 cm³/mol. The van der Waals surface area contributed by atoms with Gasteiger partial charge in [-0.1, -0.05) is 188 Å². The Morgan fingerprint density at radius 2 is 0.903 bits per heavy atom. The first-order valence-electron chi connectivity index (χ1n) is 21.3. The lowest BCUT2D eigenvalue weighted by Crippen LogP contribution is -2.10. The molecule has 0 saturated carbocycles. The first-order chi connectivity index (χ1) is 30.7. The number of anilines is 3. The minimum absolute atomic E-state index is 1.09. The summed E-state index contributed by atoms with van der Waals surface area (Å²) in [5.41, 5.74) is 14.0. The van der Waals surface area contributed by atoms with Crippen molar-refractivity contribution in [3.63, 3.8) is 0 Å². The van der Waals surface area contributed by atoms with Crippen molar-refractivity contribution in [3.8, 4) is 39.1 Å². The van der Waals surface area contributed by atoms with Gasteiger partial charge in [-0.2, -0.15) is 0 Å². The lowest BCUT2D eigenvalue weighted by molar-refractivity contribution is 1.19. The molecule has 0 N–H and O–H groups in total. The van der Waals surface area contributed by atoms with Crippen molar-refractivity contribution in [2.75, 3.05) is 4.90 Å². The lowest BCUT2D eigenvalue weighted by Gasteiger charge is -2.28. The summed E-state index contributed by atoms with van der Waals surface area (Å²) >= 11 is 0. The van der Waals surface area contributed by atoms with E-state index in [0.29, 0.717) is 0 Å². The second-order valence-corrected chi connectivity index (χ2v) is 16.1. The van der Waals surface area contributed by atoms with Gasteiger partial charge in [-0.25, -0.2) is 0 Å². The van der Waals surface area contributed by atoms with Gasteiger partial charge in [-0.15, -0.1) is 0 Å². The van der Waals surface area contributed by atoms with Crippen molar-refractivity contribution < 1.29 is 0 Å². The van der Waals surface area contributed by atoms with Crippen LogP contribution in [0.25, 0.3) is 93.2 Å². The molecular weight excluding hydrogens is 749 g/mol. The fourth-order valence-electron chi connectivity index (χ4n) is 9.60. The highest BCUT2D eigenvalue weighted by Crippen LogP contribution is 2.44. The Hall–Kier alpha value is -8.20. The van der Waals surface area contributed by atoms with E-state index >= 15 is 0 Å². The molecule has 0 atom stereocenters. The molecule has 290 valence electrons. The van der Waals surface area contributed by atoms with Crippen LogP contribution in [-0.2, 0) is 0 Å². The summed E-state index contributed by atoms with van der Waals surface area (Å²) in [4.78, 5) is 2.42. The number of hydrogen-bond acceptors (Lipinski definition) is 1. The summed E-state index contributed by atoms with van der Waals surface area (Å²) in [6.07, 6.45) is 0. The van der Waals surface area contributed by atoms with Crippen LogP contribution in [-0.4, -0.2) is 4.57 Å². The van der Waals surface area contributed by atoms with Crippen molar-refractivity contribution in [1.29, 1.82) is 0 Å². The number of hydrogen-bond donors (Lipinski definition) is 0. The summed E-state index contributed by atoms with van der Waals surface area (Å²) < 4.78 is 2.44. The van der Waals surface area contributed by atoms with Gasteiger partial charge in [0.2, 0.25) is 0 Å². The second kappa shape index (κ2) is 14.8. The number of aromatic nitrogens is 1. The summed E-state index contributed by atoms with van der Waals surface area (Å²) in [6, 6.07) is 88.5. The van der Waals surface area contributed by atoms with Gasteiger partial charge < -0.3 is 9.47 Å². The molecule has 0 saturated heterocycles. The molecule has 0 aliphatic heterocycles. The molecule has 0 aliphatic rings. The third-order valence-electron chi connectivity index (χ3n) is 12.5. The topological polar surface area (TPSA) is 8.17 Å². The van der Waals surface area contributed by atoms with Gasteiger partial charge >= 0.3 is 0 Å². The maximum absolute atomic E-state index is 2.44. The Morgan fingerprint density at radius 3 is 1.74 bits per heavy atom. The van der Waals surface area contributed by atoms with E-state index in [-0.39, 0.29) is 0 Å². The molecule has 0 unspecified atom stereocenters. The molecule has 0 aliphatic carbocycles. The first-order valence-corrected chi connectivity index (χ1v) is 21.3. The van der Waals surface area contributed by atoms with Gasteiger partial charge in [-0.3, -0.25) is 0 Å². The molecule has 0 fully saturated rings. The van der Waals surface area contributed by atoms with Gasteiger partial charge in [0, 0.05) is 38.6 Å². The molecule has 62 heavy (non-hydrogen) atoms. The Bertz CT molecular complexity index is 3640. The number of fused-ring (bicyclic) bond motifs is 7. The minimum atomic E-state index is 1.09. The number of para-hydroxylation sites is 1. The van der Waals surface area contributed by atoms with Crippen LogP contribution in [0.15, 0.2) is 243 Å². The fourth-order valence-corrected chi connectivity index (χ4v) is 9.60. The summed E-state index contributed by atoms with van der Waals surface area (Å²) in [5.74, 6) is 0. The van der Waals surface area contributed by atoms with Gasteiger partial charge in [0.25, 0.3) is 0 Å². The maximum atomic E-state index is 2.44. The third-order valence-corrected chi connectivity index (χ3v) is 12.5. The van der Waals surface area contributed by atoms with Crippen LogP contribution < -0.4 is 4.90 Å². The zero-order chi connectivity index (χ0) is 41.0. The zero-order valence-electron chi connectivity index (χ0n) is 34.0. The maximum Gasteiger partial charge on any atom is 0.0619 e. The molecule has 0 spiro atoms. The van der Waals surface area contributed by atoms with E-state index < -0.39 is 0 Å². The second-order valence-electron chi connectivity index (χ2n) is 16.1. The first kappa shape index (κ1) is 35.7. The van der Waals surface area contributed by atoms with Crippen LogP contribution in [0.1, 0.15) is 0 Å². The minimum Gasteiger partial charge on any atom is -0.310 e. The molecule has 0 amide bonds. The van der Waals surface area contributed by atoms with E-state index in [0.717, 1.165) is 28.3 Å². The highest BCUT2D eigenvalue weighted by atomic mass is 15.1. The van der Waals surface area contributed by atoms with Crippen LogP contribution in [0, 0.1) is 0 Å². The standard InChI is InChI=1S/C60H40N2/c1-2-14-41(15-3-1)46-19-12-21-50(39-46)61(59-37-36-52(54-24-8-9-25-55(54)59)48-29-28-42-16-4-5-18-45(42)38-48)49-33-30-43(31-34-49)47-20-13-22-51(40-47)62-58-27-11-10-26-56(58)57-35-32-44-17-6-7-23-53(44)60(57)62/h1-40H. The fraction of sp³-hybridized carbons (Fsp3) is 0. The average molecular weight is 789 g/mol. The SMILES string of the molecule is c1ccc(-c2cccc(N(c3ccc(-c4cccc(-n5c6ccccc6c6ccc7ccccc7c65)c4)cc3)c3ccc(-c4ccc5ccccc5c4)c4ccccc34)c2)cc1. The summed E-state index contributed by atoms with van der Waals surface area (Å²) in [5, 5.41) is 9.93. The van der Waals surface area contributed by atoms with E-state index in [9.17, 15) is 0 Å². The molecule has 0 radical (unpaired) electrons. The lowest BCUT2D eigenvalue weighted by atomic mass is 9.94. The molecule has 11 aromatic carbocycles. The zero-order valence-corrected chi connectivity index (χ0v) is 34.0. The van der Waals surface area contributed by atoms with E-state index in [1.54, 1.807) is 0 Å². The van der Waals surface area contributed by atoms with E-state index in [4.69, 9.17) is 0 Å². The third kappa shape index (κ3) is 6.04. The Morgan fingerprint density at radius 1 is 0.290 bits per heavy atom. The Kier molecular flexibility index (Phi) is 8.53. The predicted octanol–water partition coefficient (Wildman–Crippen LogP) is 16.7. The van der Waals surface area contributed by atoms with Crippen molar-refractivity contribution in [3.05, 3.63) is 243 Å². The monoisotopic (exact) mass is 788 g/mol. The number of nitrogens with zero attached hydrogens (tertiary/aromatic N) is 2. The quantitative estimate of drug-likeness (QED) is 0.156. The summed E-state index contributed by atoms with van der Waals surface area (Å²) in [6.45, 7) is 0. The van der Waals surface area contributed by atoms with Crippen LogP contribution in [0.4, 0.5) is 17.1 Å². The molecule has 1 heterocycles. The molecule has 2 nitrogen and oxygen atoms in total. The Labute approximate surface area is 360 Å². The number of benzene rings is 11. The number of rotatable bonds is 7. The molecule has 0 bridgehead atoms. The summed E-state index contributed by atoms with van der Waals surface area (Å²) in [7, 11) is 0. The average Bonchev–Trinajstić information content (AvgIpc) is 3.70. The molecule has 12 rings (SSSR count). The van der Waals surface area contributed by atoms with Crippen molar-refractivity contribution >= 4 is 71.2 Å². The van der Waals surface area contributed by atoms with Crippen LogP contribution in [0.3, 0.4) is 0 Å². The van der Waals surface area contributed by atoms with E-state index in [2.05, 4.69) is 252 Å². The van der Waals surface area contributed by atoms with Gasteiger partial charge in [0.15, 0.2) is 0 Å². The normalized spacial score (nSPS) is 11.5. The van der Waals surface area contributed by atoms with Crippen molar-refractivity contribution in [2.45, 2.75) is 0 Å². The molecule has 2 heteroatoms. The molecule has 1 aromatic heterocycles.